The number of halogens is 2. The molecule has 1 heterocycles. The van der Waals surface area contributed by atoms with Gasteiger partial charge in [0.05, 0.1) is 28.0 Å². The van der Waals surface area contributed by atoms with E-state index in [2.05, 4.69) is 5.32 Å². The van der Waals surface area contributed by atoms with E-state index in [-0.39, 0.29) is 11.5 Å². The fourth-order valence-corrected chi connectivity index (χ4v) is 4.38. The van der Waals surface area contributed by atoms with Gasteiger partial charge in [0.2, 0.25) is 0 Å². The van der Waals surface area contributed by atoms with Crippen molar-refractivity contribution in [2.45, 2.75) is 13.0 Å². The maximum atomic E-state index is 13.7. The number of nitrogens with zero attached hydrogens (tertiary/aromatic N) is 2. The Morgan fingerprint density at radius 3 is 2.31 bits per heavy atom. The smallest absolute Gasteiger partial charge is 0.261 e. The summed E-state index contributed by atoms with van der Waals surface area (Å²) in [6, 6.07) is 29.2. The van der Waals surface area contributed by atoms with Crippen LogP contribution in [0.2, 0.25) is 10.0 Å². The summed E-state index contributed by atoms with van der Waals surface area (Å²) >= 11 is 12.2. The summed E-state index contributed by atoms with van der Waals surface area (Å²) in [6.07, 6.45) is 0.505. The summed E-state index contributed by atoms with van der Waals surface area (Å²) in [5, 5.41) is 4.23. The molecule has 0 aliphatic carbocycles. The second-order valence-electron chi connectivity index (χ2n) is 8.37. The van der Waals surface area contributed by atoms with Gasteiger partial charge in [-0.15, -0.1) is 0 Å². The molecule has 5 aromatic rings. The Hall–Kier alpha value is -3.93. The molecular weight excluding hydrogens is 493 g/mol. The van der Waals surface area contributed by atoms with Crippen LogP contribution in [0, 0.1) is 0 Å². The summed E-state index contributed by atoms with van der Waals surface area (Å²) in [5.41, 5.74) is 3.21. The van der Waals surface area contributed by atoms with E-state index in [9.17, 15) is 9.59 Å². The SMILES string of the molecule is O=C(Nc1ccc2nc(Cc3ccccc3)n(Cc3ccc(Cl)cc3)c(=O)c2c1)c1ccccc1Cl. The minimum Gasteiger partial charge on any atom is -0.322 e. The zero-order chi connectivity index (χ0) is 25.1. The van der Waals surface area contributed by atoms with Crippen LogP contribution >= 0.6 is 23.2 Å². The van der Waals surface area contributed by atoms with E-state index >= 15 is 0 Å². The lowest BCUT2D eigenvalue weighted by atomic mass is 10.1. The average molecular weight is 514 g/mol. The molecule has 4 aromatic carbocycles. The Morgan fingerprint density at radius 1 is 0.833 bits per heavy atom. The Morgan fingerprint density at radius 2 is 1.56 bits per heavy atom. The number of fused-ring (bicyclic) bond motifs is 1. The predicted molar refractivity (Wildman–Crippen MR) is 145 cm³/mol. The Labute approximate surface area is 218 Å². The molecule has 7 heteroatoms. The number of hydrogen-bond donors (Lipinski definition) is 1. The van der Waals surface area contributed by atoms with Crippen molar-refractivity contribution in [1.82, 2.24) is 9.55 Å². The van der Waals surface area contributed by atoms with Gasteiger partial charge in [0.15, 0.2) is 0 Å². The number of anilines is 1. The summed E-state index contributed by atoms with van der Waals surface area (Å²) < 4.78 is 1.68. The van der Waals surface area contributed by atoms with Crippen molar-refractivity contribution in [3.8, 4) is 0 Å². The maximum absolute atomic E-state index is 13.7. The van der Waals surface area contributed by atoms with Crippen molar-refractivity contribution in [3.63, 3.8) is 0 Å². The minimum absolute atomic E-state index is 0.185. The predicted octanol–water partition coefficient (Wildman–Crippen LogP) is 6.59. The fourth-order valence-electron chi connectivity index (χ4n) is 4.04. The van der Waals surface area contributed by atoms with Crippen molar-refractivity contribution in [2.24, 2.45) is 0 Å². The molecule has 0 spiro atoms. The van der Waals surface area contributed by atoms with Crippen LogP contribution in [-0.2, 0) is 13.0 Å². The molecule has 0 bridgehead atoms. The van der Waals surface area contributed by atoms with Gasteiger partial charge >= 0.3 is 0 Å². The highest BCUT2D eigenvalue weighted by molar-refractivity contribution is 6.34. The molecule has 0 unspecified atom stereocenters. The molecule has 5 rings (SSSR count). The van der Waals surface area contributed by atoms with Gasteiger partial charge in [-0.2, -0.15) is 0 Å². The Bertz CT molecular complexity index is 1610. The molecule has 0 aliphatic rings. The topological polar surface area (TPSA) is 64.0 Å². The molecule has 0 fully saturated rings. The first kappa shape index (κ1) is 23.8. The van der Waals surface area contributed by atoms with E-state index in [1.165, 1.54) is 0 Å². The zero-order valence-electron chi connectivity index (χ0n) is 19.1. The monoisotopic (exact) mass is 513 g/mol. The third kappa shape index (κ3) is 5.18. The first-order chi connectivity index (χ1) is 17.5. The molecular formula is C29H21Cl2N3O2. The van der Waals surface area contributed by atoms with Crippen LogP contribution in [0.5, 0.6) is 0 Å². The minimum atomic E-state index is -0.352. The Balaban J connectivity index is 1.56. The second kappa shape index (κ2) is 10.4. The van der Waals surface area contributed by atoms with Crippen molar-refractivity contribution in [1.29, 1.82) is 0 Å². The van der Waals surface area contributed by atoms with E-state index in [0.29, 0.717) is 51.0 Å². The van der Waals surface area contributed by atoms with Crippen LogP contribution in [-0.4, -0.2) is 15.5 Å². The maximum Gasteiger partial charge on any atom is 0.261 e. The van der Waals surface area contributed by atoms with Crippen LogP contribution in [0.25, 0.3) is 10.9 Å². The van der Waals surface area contributed by atoms with Gasteiger partial charge in [-0.1, -0.05) is 77.8 Å². The molecule has 178 valence electrons. The summed E-state index contributed by atoms with van der Waals surface area (Å²) in [7, 11) is 0. The van der Waals surface area contributed by atoms with Crippen molar-refractivity contribution >= 4 is 45.7 Å². The third-order valence-electron chi connectivity index (χ3n) is 5.87. The lowest BCUT2D eigenvalue weighted by Crippen LogP contribution is -2.26. The lowest BCUT2D eigenvalue weighted by Gasteiger charge is -2.15. The van der Waals surface area contributed by atoms with Gasteiger partial charge in [0.1, 0.15) is 5.82 Å². The van der Waals surface area contributed by atoms with E-state index in [4.69, 9.17) is 28.2 Å². The molecule has 0 radical (unpaired) electrons. The van der Waals surface area contributed by atoms with E-state index in [1.54, 1.807) is 59.2 Å². The molecule has 5 nitrogen and oxygen atoms in total. The van der Waals surface area contributed by atoms with Gasteiger partial charge < -0.3 is 5.32 Å². The van der Waals surface area contributed by atoms with E-state index in [1.807, 2.05) is 42.5 Å². The molecule has 0 saturated carbocycles. The van der Waals surface area contributed by atoms with Crippen LogP contribution in [0.15, 0.2) is 102 Å². The molecule has 0 aliphatic heterocycles. The zero-order valence-corrected chi connectivity index (χ0v) is 20.6. The number of carbonyl (C=O) groups is 1. The first-order valence-corrected chi connectivity index (χ1v) is 12.1. The molecule has 1 amide bonds. The lowest BCUT2D eigenvalue weighted by molar-refractivity contribution is 0.102. The molecule has 1 aromatic heterocycles. The molecule has 36 heavy (non-hydrogen) atoms. The third-order valence-corrected chi connectivity index (χ3v) is 6.45. The van der Waals surface area contributed by atoms with Crippen LogP contribution in [0.4, 0.5) is 5.69 Å². The van der Waals surface area contributed by atoms with Gasteiger partial charge in [-0.3, -0.25) is 14.2 Å². The highest BCUT2D eigenvalue weighted by Gasteiger charge is 2.15. The average Bonchev–Trinajstić information content (AvgIpc) is 2.89. The van der Waals surface area contributed by atoms with Gasteiger partial charge in [-0.05, 0) is 53.6 Å². The summed E-state index contributed by atoms with van der Waals surface area (Å²) in [4.78, 5) is 31.3. The molecule has 0 saturated heterocycles. The van der Waals surface area contributed by atoms with E-state index in [0.717, 1.165) is 11.1 Å². The quantitative estimate of drug-likeness (QED) is 0.278. The molecule has 1 N–H and O–H groups in total. The summed E-state index contributed by atoms with van der Waals surface area (Å²) in [5.74, 6) is 0.302. The number of aromatic nitrogens is 2. The van der Waals surface area contributed by atoms with E-state index < -0.39 is 0 Å². The highest BCUT2D eigenvalue weighted by Crippen LogP contribution is 2.21. The Kier molecular flexibility index (Phi) is 6.85. The largest absolute Gasteiger partial charge is 0.322 e. The van der Waals surface area contributed by atoms with Crippen LogP contribution in [0.3, 0.4) is 0 Å². The van der Waals surface area contributed by atoms with Crippen LogP contribution in [0.1, 0.15) is 27.3 Å². The number of benzene rings is 4. The van der Waals surface area contributed by atoms with Crippen LogP contribution < -0.4 is 10.9 Å². The highest BCUT2D eigenvalue weighted by atomic mass is 35.5. The van der Waals surface area contributed by atoms with Gasteiger partial charge in [-0.25, -0.2) is 4.98 Å². The van der Waals surface area contributed by atoms with Crippen molar-refractivity contribution < 1.29 is 4.79 Å². The van der Waals surface area contributed by atoms with Gasteiger partial charge in [0, 0.05) is 17.1 Å². The van der Waals surface area contributed by atoms with Gasteiger partial charge in [0.25, 0.3) is 11.5 Å². The fraction of sp³-hybridized carbons (Fsp3) is 0.0690. The number of hydrogen-bond acceptors (Lipinski definition) is 3. The van der Waals surface area contributed by atoms with Crippen molar-refractivity contribution in [3.05, 3.63) is 140 Å². The summed E-state index contributed by atoms with van der Waals surface area (Å²) in [6.45, 7) is 0.345. The standard InChI is InChI=1S/C29H21Cl2N3O2/c30-21-12-10-20(11-13-21)18-34-27(16-19-6-2-1-3-7-19)33-26-15-14-22(17-24(26)29(34)36)32-28(35)23-8-4-5-9-25(23)31/h1-15,17H,16,18H2,(H,32,35). The van der Waals surface area contributed by atoms with Crippen molar-refractivity contribution in [2.75, 3.05) is 5.32 Å². The number of amides is 1. The number of rotatable bonds is 6. The normalized spacial score (nSPS) is 10.9. The number of carbonyl (C=O) groups excluding carboxylic acids is 1. The first-order valence-electron chi connectivity index (χ1n) is 11.4. The number of nitrogens with one attached hydrogen (secondary N) is 1. The molecule has 0 atom stereocenters. The second-order valence-corrected chi connectivity index (χ2v) is 9.22.